The molecule has 0 aliphatic heterocycles. The first kappa shape index (κ1) is 16.7. The topological polar surface area (TPSA) is 94.3 Å². The number of benzene rings is 2. The largest absolute Gasteiger partial charge is 0.508 e. The summed E-state index contributed by atoms with van der Waals surface area (Å²) in [4.78, 5) is 12.0. The zero-order valence-corrected chi connectivity index (χ0v) is 14.2. The standard InChI is InChI=1S/C15H10Cl3N3O3/c16-9-2-1-7(3-10(9)17)14-20-21(15(23)24-14)6-8-4-11(18)12(19)5-13(8)22/h1-5,22H,6,19H2. The molecule has 0 spiro atoms. The lowest BCUT2D eigenvalue weighted by molar-refractivity contribution is 0.457. The van der Waals surface area contributed by atoms with Crippen LogP contribution in [0.3, 0.4) is 0 Å². The van der Waals surface area contributed by atoms with Crippen LogP contribution in [0.15, 0.2) is 39.5 Å². The van der Waals surface area contributed by atoms with Gasteiger partial charge in [-0.3, -0.25) is 0 Å². The average molecular weight is 387 g/mol. The molecule has 2 aromatic carbocycles. The maximum absolute atomic E-state index is 12.0. The van der Waals surface area contributed by atoms with Crippen molar-refractivity contribution in [3.63, 3.8) is 0 Å². The number of rotatable bonds is 3. The van der Waals surface area contributed by atoms with Gasteiger partial charge in [0, 0.05) is 17.2 Å². The van der Waals surface area contributed by atoms with Gasteiger partial charge in [-0.15, -0.1) is 5.10 Å². The lowest BCUT2D eigenvalue weighted by atomic mass is 10.2. The van der Waals surface area contributed by atoms with Crippen LogP contribution in [0.1, 0.15) is 5.56 Å². The van der Waals surface area contributed by atoms with Gasteiger partial charge in [-0.25, -0.2) is 4.79 Å². The Morgan fingerprint density at radius 3 is 2.58 bits per heavy atom. The van der Waals surface area contributed by atoms with Crippen molar-refractivity contribution in [1.82, 2.24) is 9.78 Å². The van der Waals surface area contributed by atoms with E-state index >= 15 is 0 Å². The van der Waals surface area contributed by atoms with Crippen molar-refractivity contribution in [3.05, 3.63) is 61.5 Å². The van der Waals surface area contributed by atoms with Crippen molar-refractivity contribution in [3.8, 4) is 17.2 Å². The van der Waals surface area contributed by atoms with Crippen LogP contribution >= 0.6 is 34.8 Å². The molecule has 0 fully saturated rings. The predicted molar refractivity (Wildman–Crippen MR) is 92.9 cm³/mol. The van der Waals surface area contributed by atoms with Gasteiger partial charge in [0.1, 0.15) is 5.75 Å². The highest BCUT2D eigenvalue weighted by Gasteiger charge is 2.14. The number of hydrogen-bond donors (Lipinski definition) is 2. The van der Waals surface area contributed by atoms with Crippen LogP contribution < -0.4 is 11.5 Å². The molecule has 6 nitrogen and oxygen atoms in total. The molecule has 3 aromatic rings. The minimum atomic E-state index is -0.691. The summed E-state index contributed by atoms with van der Waals surface area (Å²) in [5.74, 6) is -0.703. The van der Waals surface area contributed by atoms with Gasteiger partial charge < -0.3 is 15.3 Å². The second kappa shape index (κ2) is 6.39. The molecular formula is C15H10Cl3N3O3. The highest BCUT2D eigenvalue weighted by molar-refractivity contribution is 6.42. The summed E-state index contributed by atoms with van der Waals surface area (Å²) < 4.78 is 6.17. The van der Waals surface area contributed by atoms with E-state index in [1.807, 2.05) is 0 Å². The second-order valence-corrected chi connectivity index (χ2v) is 6.18. The molecule has 24 heavy (non-hydrogen) atoms. The van der Waals surface area contributed by atoms with E-state index in [1.54, 1.807) is 12.1 Å². The first-order valence-corrected chi connectivity index (χ1v) is 7.79. The summed E-state index contributed by atoms with van der Waals surface area (Å²) in [7, 11) is 0. The number of phenols is 1. The van der Waals surface area contributed by atoms with Crippen LogP contribution in [-0.4, -0.2) is 14.9 Å². The summed E-state index contributed by atoms with van der Waals surface area (Å²) in [6, 6.07) is 7.51. The Hall–Kier alpha value is -2.15. The Balaban J connectivity index is 1.96. The van der Waals surface area contributed by atoms with Gasteiger partial charge in [-0.1, -0.05) is 34.8 Å². The average Bonchev–Trinajstić information content (AvgIpc) is 2.88. The molecule has 0 saturated heterocycles. The van der Waals surface area contributed by atoms with Crippen LogP contribution in [0.25, 0.3) is 11.5 Å². The molecule has 0 aliphatic carbocycles. The number of phenolic OH excluding ortho intramolecular Hbond substituents is 1. The Bertz CT molecular complexity index is 982. The number of anilines is 1. The van der Waals surface area contributed by atoms with Crippen LogP contribution in [0.2, 0.25) is 15.1 Å². The quantitative estimate of drug-likeness (QED) is 0.668. The van der Waals surface area contributed by atoms with Gasteiger partial charge in [0.15, 0.2) is 0 Å². The van der Waals surface area contributed by atoms with Crippen molar-refractivity contribution < 1.29 is 9.52 Å². The van der Waals surface area contributed by atoms with Gasteiger partial charge in [-0.2, -0.15) is 4.68 Å². The zero-order chi connectivity index (χ0) is 17.4. The summed E-state index contributed by atoms with van der Waals surface area (Å²) in [6.45, 7) is -0.0323. The Kier molecular flexibility index (Phi) is 4.45. The molecule has 124 valence electrons. The summed E-state index contributed by atoms with van der Waals surface area (Å²) in [5, 5.41) is 15.0. The highest BCUT2D eigenvalue weighted by atomic mass is 35.5. The van der Waals surface area contributed by atoms with E-state index in [-0.39, 0.29) is 28.9 Å². The SMILES string of the molecule is Nc1cc(O)c(Cn2nc(-c3ccc(Cl)c(Cl)c3)oc2=O)cc1Cl. The molecule has 0 atom stereocenters. The van der Waals surface area contributed by atoms with E-state index in [4.69, 9.17) is 45.0 Å². The fraction of sp³-hybridized carbons (Fsp3) is 0.0667. The smallest absolute Gasteiger partial charge is 0.437 e. The third-order valence-corrected chi connectivity index (χ3v) is 4.36. The number of nitrogens with two attached hydrogens (primary N) is 1. The Labute approximate surface area is 151 Å². The van der Waals surface area contributed by atoms with Crippen molar-refractivity contribution in [1.29, 1.82) is 0 Å². The van der Waals surface area contributed by atoms with E-state index in [0.717, 1.165) is 4.68 Å². The summed E-state index contributed by atoms with van der Waals surface area (Å²) >= 11 is 17.7. The molecule has 1 aromatic heterocycles. The number of halogens is 3. The van der Waals surface area contributed by atoms with E-state index < -0.39 is 5.76 Å². The third kappa shape index (κ3) is 3.21. The van der Waals surface area contributed by atoms with E-state index in [0.29, 0.717) is 21.2 Å². The molecule has 0 unspecified atom stereocenters. The van der Waals surface area contributed by atoms with Gasteiger partial charge in [0.05, 0.1) is 27.3 Å². The fourth-order valence-corrected chi connectivity index (χ4v) is 2.54. The first-order chi connectivity index (χ1) is 11.3. The van der Waals surface area contributed by atoms with Gasteiger partial charge in [0.2, 0.25) is 5.89 Å². The number of nitrogen functional groups attached to an aromatic ring is 1. The molecule has 0 amide bonds. The van der Waals surface area contributed by atoms with Gasteiger partial charge >= 0.3 is 5.76 Å². The van der Waals surface area contributed by atoms with Gasteiger partial charge in [0.25, 0.3) is 0 Å². The predicted octanol–water partition coefficient (Wildman–Crippen LogP) is 3.80. The van der Waals surface area contributed by atoms with Crippen LogP contribution in [0.5, 0.6) is 5.75 Å². The lowest BCUT2D eigenvalue weighted by Crippen LogP contribution is -2.16. The molecule has 0 aliphatic rings. The molecule has 3 N–H and O–H groups in total. The first-order valence-electron chi connectivity index (χ1n) is 6.65. The maximum Gasteiger partial charge on any atom is 0.437 e. The maximum atomic E-state index is 12.0. The molecule has 1 heterocycles. The number of aromatic hydroxyl groups is 1. The van der Waals surface area contributed by atoms with E-state index in [2.05, 4.69) is 5.10 Å². The Morgan fingerprint density at radius 2 is 1.88 bits per heavy atom. The number of nitrogens with zero attached hydrogens (tertiary/aromatic N) is 2. The molecule has 9 heteroatoms. The van der Waals surface area contributed by atoms with Crippen LogP contribution in [-0.2, 0) is 6.54 Å². The molecular weight excluding hydrogens is 377 g/mol. The van der Waals surface area contributed by atoms with Crippen LogP contribution in [0, 0.1) is 0 Å². The third-order valence-electron chi connectivity index (χ3n) is 3.29. The fourth-order valence-electron chi connectivity index (χ4n) is 2.06. The van der Waals surface area contributed by atoms with Crippen LogP contribution in [0.4, 0.5) is 5.69 Å². The van der Waals surface area contributed by atoms with Gasteiger partial charge in [-0.05, 0) is 24.3 Å². The highest BCUT2D eigenvalue weighted by Crippen LogP contribution is 2.29. The minimum absolute atomic E-state index is 0.0323. The number of aromatic nitrogens is 2. The lowest BCUT2D eigenvalue weighted by Gasteiger charge is -2.06. The molecule has 0 saturated carbocycles. The van der Waals surface area contributed by atoms with Crippen molar-refractivity contribution in [2.75, 3.05) is 5.73 Å². The normalized spacial score (nSPS) is 11.0. The van der Waals surface area contributed by atoms with E-state index in [9.17, 15) is 9.90 Å². The number of hydrogen-bond acceptors (Lipinski definition) is 5. The second-order valence-electron chi connectivity index (χ2n) is 4.96. The Morgan fingerprint density at radius 1 is 1.12 bits per heavy atom. The zero-order valence-electron chi connectivity index (χ0n) is 12.0. The molecule has 3 rings (SSSR count). The molecule has 0 radical (unpaired) electrons. The van der Waals surface area contributed by atoms with Crippen molar-refractivity contribution in [2.24, 2.45) is 0 Å². The minimum Gasteiger partial charge on any atom is -0.508 e. The van der Waals surface area contributed by atoms with Crippen molar-refractivity contribution in [2.45, 2.75) is 6.54 Å². The van der Waals surface area contributed by atoms with E-state index in [1.165, 1.54) is 18.2 Å². The summed E-state index contributed by atoms with van der Waals surface area (Å²) in [5.41, 5.74) is 6.72. The monoisotopic (exact) mass is 385 g/mol. The van der Waals surface area contributed by atoms with Crippen molar-refractivity contribution >= 4 is 40.5 Å². The molecule has 0 bridgehead atoms. The summed E-state index contributed by atoms with van der Waals surface area (Å²) in [6.07, 6.45) is 0.